The summed E-state index contributed by atoms with van der Waals surface area (Å²) in [5.41, 5.74) is 9.37. The van der Waals surface area contributed by atoms with Crippen molar-refractivity contribution in [1.82, 2.24) is 9.97 Å². The molecule has 3 heteroatoms. The second-order valence-corrected chi connectivity index (χ2v) is 17.6. The lowest BCUT2D eigenvalue weighted by atomic mass is 9.86. The molecule has 0 saturated carbocycles. The van der Waals surface area contributed by atoms with Gasteiger partial charge >= 0.3 is 0 Å². The van der Waals surface area contributed by atoms with E-state index in [1.807, 2.05) is 12.3 Å². The molecule has 0 amide bonds. The van der Waals surface area contributed by atoms with Gasteiger partial charge in [0.2, 0.25) is 0 Å². The van der Waals surface area contributed by atoms with Gasteiger partial charge in [0.05, 0.1) is 16.7 Å². The second kappa shape index (κ2) is 9.68. The van der Waals surface area contributed by atoms with E-state index in [0.717, 1.165) is 27.5 Å². The van der Waals surface area contributed by atoms with Gasteiger partial charge in [-0.1, -0.05) is 134 Å². The largest absolute Gasteiger partial charge is 0.254 e. The van der Waals surface area contributed by atoms with Crippen LogP contribution in [-0.4, -0.2) is 18.0 Å². The second-order valence-electron chi connectivity index (χ2n) is 13.3. The van der Waals surface area contributed by atoms with Crippen LogP contribution in [0.1, 0.15) is 0 Å². The molecule has 9 aromatic rings. The lowest BCUT2D eigenvalue weighted by molar-refractivity contribution is 1.38. The Labute approximate surface area is 274 Å². The molecule has 1 aliphatic heterocycles. The zero-order valence-electron chi connectivity index (χ0n) is 26.3. The van der Waals surface area contributed by atoms with Gasteiger partial charge in [-0.3, -0.25) is 4.98 Å². The van der Waals surface area contributed by atoms with Crippen LogP contribution in [0.4, 0.5) is 0 Å². The van der Waals surface area contributed by atoms with Gasteiger partial charge in [0.1, 0.15) is 8.07 Å². The maximum Gasteiger partial charge on any atom is 0.114 e. The highest BCUT2D eigenvalue weighted by Crippen LogP contribution is 2.44. The maximum absolute atomic E-state index is 5.32. The summed E-state index contributed by atoms with van der Waals surface area (Å²) >= 11 is 0. The molecule has 0 aliphatic carbocycles. The molecule has 0 unspecified atom stereocenters. The van der Waals surface area contributed by atoms with E-state index in [1.54, 1.807) is 10.4 Å². The van der Waals surface area contributed by atoms with Crippen LogP contribution in [0.2, 0.25) is 13.1 Å². The summed E-state index contributed by atoms with van der Waals surface area (Å²) in [7, 11) is -1.82. The van der Waals surface area contributed by atoms with E-state index in [0.29, 0.717) is 0 Å². The molecule has 47 heavy (non-hydrogen) atoms. The van der Waals surface area contributed by atoms with Crippen LogP contribution in [0.25, 0.3) is 87.6 Å². The average Bonchev–Trinajstić information content (AvgIpc) is 3.36. The van der Waals surface area contributed by atoms with Crippen LogP contribution < -0.4 is 10.4 Å². The van der Waals surface area contributed by atoms with Crippen molar-refractivity contribution in [2.24, 2.45) is 0 Å². The van der Waals surface area contributed by atoms with Gasteiger partial charge in [0.25, 0.3) is 0 Å². The monoisotopic (exact) mass is 614 g/mol. The van der Waals surface area contributed by atoms with Crippen LogP contribution >= 0.6 is 0 Å². The molecule has 10 rings (SSSR count). The van der Waals surface area contributed by atoms with E-state index in [1.165, 1.54) is 60.1 Å². The van der Waals surface area contributed by atoms with E-state index >= 15 is 0 Å². The number of hydrogen-bond acceptors (Lipinski definition) is 2. The Morgan fingerprint density at radius 2 is 1.11 bits per heavy atom. The van der Waals surface area contributed by atoms with Gasteiger partial charge in [-0.15, -0.1) is 0 Å². The van der Waals surface area contributed by atoms with E-state index in [2.05, 4.69) is 147 Å². The molecule has 7 aromatic carbocycles. The minimum absolute atomic E-state index is 0.938. The number of fused-ring (bicyclic) bond motifs is 10. The number of benzene rings is 7. The molecule has 3 heterocycles. The quantitative estimate of drug-likeness (QED) is 0.110. The Morgan fingerprint density at radius 1 is 0.468 bits per heavy atom. The number of rotatable bonds is 2. The first-order chi connectivity index (χ1) is 23.1. The molecule has 220 valence electrons. The number of hydrogen-bond donors (Lipinski definition) is 0. The van der Waals surface area contributed by atoms with Gasteiger partial charge in [0, 0.05) is 22.5 Å². The Kier molecular flexibility index (Phi) is 5.47. The summed E-state index contributed by atoms with van der Waals surface area (Å²) < 4.78 is 0. The van der Waals surface area contributed by atoms with Crippen molar-refractivity contribution in [3.05, 3.63) is 146 Å². The highest BCUT2D eigenvalue weighted by Gasteiger charge is 2.38. The molecule has 0 saturated heterocycles. The molecule has 0 bridgehead atoms. The van der Waals surface area contributed by atoms with Crippen molar-refractivity contribution >= 4 is 72.6 Å². The van der Waals surface area contributed by atoms with Crippen molar-refractivity contribution in [2.45, 2.75) is 13.1 Å². The van der Waals surface area contributed by atoms with E-state index in [-0.39, 0.29) is 0 Å². The highest BCUT2D eigenvalue weighted by atomic mass is 28.3. The predicted molar refractivity (Wildman–Crippen MR) is 203 cm³/mol. The number of aromatic nitrogens is 2. The average molecular weight is 615 g/mol. The molecule has 2 aromatic heterocycles. The van der Waals surface area contributed by atoms with Crippen molar-refractivity contribution in [3.8, 4) is 33.5 Å². The summed E-state index contributed by atoms with van der Waals surface area (Å²) in [5, 5.41) is 12.9. The molecular formula is C44H30N2Si. The van der Waals surface area contributed by atoms with Crippen LogP contribution in [0, 0.1) is 0 Å². The Hall–Kier alpha value is -5.64. The summed E-state index contributed by atoms with van der Waals surface area (Å²) in [6.45, 7) is 5.01. The van der Waals surface area contributed by atoms with Crippen LogP contribution in [0.15, 0.2) is 146 Å². The van der Waals surface area contributed by atoms with Crippen LogP contribution in [0.5, 0.6) is 0 Å². The predicted octanol–water partition coefficient (Wildman–Crippen LogP) is 10.4. The third-order valence-corrected chi connectivity index (χ3v) is 14.0. The van der Waals surface area contributed by atoms with Crippen LogP contribution in [0.3, 0.4) is 0 Å². The van der Waals surface area contributed by atoms with Crippen molar-refractivity contribution < 1.29 is 0 Å². The number of pyridine rings is 2. The smallest absolute Gasteiger partial charge is 0.114 e. The van der Waals surface area contributed by atoms with E-state index in [9.17, 15) is 0 Å². The molecule has 0 radical (unpaired) electrons. The van der Waals surface area contributed by atoms with Gasteiger partial charge < -0.3 is 0 Å². The first-order valence-corrected chi connectivity index (χ1v) is 19.3. The third-order valence-electron chi connectivity index (χ3n) is 10.4. The first kappa shape index (κ1) is 26.6. The fourth-order valence-electron chi connectivity index (χ4n) is 8.36. The topological polar surface area (TPSA) is 25.8 Å². The van der Waals surface area contributed by atoms with Crippen molar-refractivity contribution in [3.63, 3.8) is 0 Å². The minimum Gasteiger partial charge on any atom is -0.254 e. The van der Waals surface area contributed by atoms with Gasteiger partial charge in [-0.05, 0) is 83.1 Å². The first-order valence-electron chi connectivity index (χ1n) is 16.3. The molecule has 1 aliphatic rings. The Balaban J connectivity index is 1.23. The molecule has 0 fully saturated rings. The fraction of sp³-hybridized carbons (Fsp3) is 0.0455. The van der Waals surface area contributed by atoms with Gasteiger partial charge in [-0.2, -0.15) is 0 Å². The molecule has 0 atom stereocenters. The van der Waals surface area contributed by atoms with Crippen LogP contribution in [-0.2, 0) is 0 Å². The van der Waals surface area contributed by atoms with E-state index in [4.69, 9.17) is 9.97 Å². The minimum atomic E-state index is -1.82. The fourth-order valence-corrected chi connectivity index (χ4v) is 11.8. The molecule has 2 nitrogen and oxygen atoms in total. The Bertz CT molecular complexity index is 2720. The standard InChI is InChI=1S/C44H30N2Si/c1-47(2)39-16-8-7-11-32(39)37-23-19-29-26-30(20-22-31(29)44(37)47)40-33-12-3-5-14-35(33)41(36-15-6-4-13-34(36)40)38-24-21-28-18-17-27-10-9-25-45-42(27)43(28)46-38/h3-26H,1-2H3. The summed E-state index contributed by atoms with van der Waals surface area (Å²) in [4.78, 5) is 10.1. The molecule has 0 N–H and O–H groups in total. The van der Waals surface area contributed by atoms with Gasteiger partial charge in [0.15, 0.2) is 0 Å². The zero-order chi connectivity index (χ0) is 31.3. The highest BCUT2D eigenvalue weighted by molar-refractivity contribution is 7.05. The number of nitrogens with zero attached hydrogens (tertiary/aromatic N) is 2. The molecule has 0 spiro atoms. The SMILES string of the molecule is C[Si]1(C)c2ccccc2-c2ccc3cc(-c4c5ccccc5c(-c5ccc6ccc7cccnc7c6n5)c5ccccc45)ccc3c21. The molecular weight excluding hydrogens is 585 g/mol. The summed E-state index contributed by atoms with van der Waals surface area (Å²) in [5.74, 6) is 0. The maximum atomic E-state index is 5.32. The summed E-state index contributed by atoms with van der Waals surface area (Å²) in [6, 6.07) is 51.3. The third kappa shape index (κ3) is 3.72. The summed E-state index contributed by atoms with van der Waals surface area (Å²) in [6.07, 6.45) is 1.86. The Morgan fingerprint density at radius 3 is 1.87 bits per heavy atom. The van der Waals surface area contributed by atoms with Crippen molar-refractivity contribution in [2.75, 3.05) is 0 Å². The van der Waals surface area contributed by atoms with Crippen molar-refractivity contribution in [1.29, 1.82) is 0 Å². The lowest BCUT2D eigenvalue weighted by Crippen LogP contribution is -2.49. The lowest BCUT2D eigenvalue weighted by Gasteiger charge is -2.21. The van der Waals surface area contributed by atoms with Gasteiger partial charge in [-0.25, -0.2) is 4.98 Å². The van der Waals surface area contributed by atoms with E-state index < -0.39 is 8.07 Å². The normalized spacial score (nSPS) is 13.5. The zero-order valence-corrected chi connectivity index (χ0v) is 27.3.